The largest absolute Gasteiger partial charge is 0.354 e. The third-order valence-corrected chi connectivity index (χ3v) is 4.58. The lowest BCUT2D eigenvalue weighted by atomic mass is 10.2. The molecule has 1 aromatic rings. The van der Waals surface area contributed by atoms with Crippen LogP contribution in [0.3, 0.4) is 0 Å². The van der Waals surface area contributed by atoms with Crippen molar-refractivity contribution in [2.24, 2.45) is 0 Å². The Morgan fingerprint density at radius 1 is 1.19 bits per heavy atom. The number of aromatic nitrogens is 1. The number of hydrogen-bond donors (Lipinski definition) is 1. The maximum absolute atomic E-state index is 4.83. The molecule has 4 heteroatoms. The molecule has 0 bridgehead atoms. The maximum Gasteiger partial charge on any atom is 0.128 e. The van der Waals surface area contributed by atoms with Crippen LogP contribution in [0.1, 0.15) is 37.9 Å². The summed E-state index contributed by atoms with van der Waals surface area (Å²) in [6, 6.07) is 5.84. The Morgan fingerprint density at radius 3 is 2.48 bits per heavy atom. The molecule has 0 radical (unpaired) electrons. The van der Waals surface area contributed by atoms with Crippen molar-refractivity contribution in [3.63, 3.8) is 0 Å². The van der Waals surface area contributed by atoms with E-state index in [4.69, 9.17) is 4.98 Å². The molecule has 0 amide bonds. The van der Waals surface area contributed by atoms with Crippen LogP contribution >= 0.6 is 0 Å². The lowest BCUT2D eigenvalue weighted by Crippen LogP contribution is -2.47. The van der Waals surface area contributed by atoms with Gasteiger partial charge in [-0.2, -0.15) is 0 Å². The molecule has 1 aromatic heterocycles. The maximum atomic E-state index is 4.83. The molecule has 4 nitrogen and oxygen atoms in total. The molecule has 1 saturated carbocycles. The molecule has 2 fully saturated rings. The van der Waals surface area contributed by atoms with E-state index in [0.29, 0.717) is 6.04 Å². The fourth-order valence-electron chi connectivity index (χ4n) is 3.01. The zero-order chi connectivity index (χ0) is 14.8. The molecule has 2 heterocycles. The Bertz CT molecular complexity index is 474. The number of piperazine rings is 1. The van der Waals surface area contributed by atoms with Crippen LogP contribution in [0.2, 0.25) is 0 Å². The van der Waals surface area contributed by atoms with Crippen molar-refractivity contribution in [1.29, 1.82) is 0 Å². The van der Waals surface area contributed by atoms with Crippen LogP contribution in [0.25, 0.3) is 0 Å². The molecule has 116 valence electrons. The van der Waals surface area contributed by atoms with Gasteiger partial charge in [-0.25, -0.2) is 4.98 Å². The molecule has 2 aliphatic rings. The van der Waals surface area contributed by atoms with Gasteiger partial charge >= 0.3 is 0 Å². The molecule has 0 spiro atoms. The summed E-state index contributed by atoms with van der Waals surface area (Å²) in [5.41, 5.74) is 2.47. The standard InChI is InChI=1S/C17H28N4/c1-13(2)18-12-15-4-7-17(19-14(15)3)21-10-8-20(9-11-21)16-5-6-16/h4,7,13,16,18H,5-6,8-12H2,1-3H3. The summed E-state index contributed by atoms with van der Waals surface area (Å²) in [6.45, 7) is 12.0. The molecule has 1 saturated heterocycles. The lowest BCUT2D eigenvalue weighted by Gasteiger charge is -2.35. The van der Waals surface area contributed by atoms with Gasteiger partial charge in [-0.3, -0.25) is 4.90 Å². The predicted octanol–water partition coefficient (Wildman–Crippen LogP) is 2.17. The highest BCUT2D eigenvalue weighted by Gasteiger charge is 2.31. The Labute approximate surface area is 128 Å². The lowest BCUT2D eigenvalue weighted by molar-refractivity contribution is 0.247. The first-order valence-corrected chi connectivity index (χ1v) is 8.32. The zero-order valence-electron chi connectivity index (χ0n) is 13.6. The quantitative estimate of drug-likeness (QED) is 0.900. The van der Waals surface area contributed by atoms with Crippen molar-refractivity contribution in [3.8, 4) is 0 Å². The fraction of sp³-hybridized carbons (Fsp3) is 0.706. The van der Waals surface area contributed by atoms with Crippen LogP contribution < -0.4 is 10.2 Å². The summed E-state index contributed by atoms with van der Waals surface area (Å²) in [6.07, 6.45) is 2.82. The van der Waals surface area contributed by atoms with E-state index in [9.17, 15) is 0 Å². The molecule has 0 unspecified atom stereocenters. The minimum atomic E-state index is 0.513. The van der Waals surface area contributed by atoms with Gasteiger partial charge in [-0.1, -0.05) is 19.9 Å². The molecule has 1 N–H and O–H groups in total. The van der Waals surface area contributed by atoms with E-state index < -0.39 is 0 Å². The summed E-state index contributed by atoms with van der Waals surface area (Å²) in [7, 11) is 0. The highest BCUT2D eigenvalue weighted by atomic mass is 15.3. The van der Waals surface area contributed by atoms with E-state index in [-0.39, 0.29) is 0 Å². The number of rotatable bonds is 5. The van der Waals surface area contributed by atoms with Crippen LogP contribution in [-0.2, 0) is 6.54 Å². The zero-order valence-corrected chi connectivity index (χ0v) is 13.6. The van der Waals surface area contributed by atoms with Gasteiger partial charge in [-0.05, 0) is 31.4 Å². The summed E-state index contributed by atoms with van der Waals surface area (Å²) in [5, 5.41) is 3.47. The van der Waals surface area contributed by atoms with Crippen molar-refractivity contribution in [3.05, 3.63) is 23.4 Å². The van der Waals surface area contributed by atoms with Gasteiger partial charge in [0.25, 0.3) is 0 Å². The van der Waals surface area contributed by atoms with Crippen LogP contribution in [-0.4, -0.2) is 48.1 Å². The molecular formula is C17H28N4. The summed E-state index contributed by atoms with van der Waals surface area (Å²) in [4.78, 5) is 9.91. The number of aryl methyl sites for hydroxylation is 1. The van der Waals surface area contributed by atoms with E-state index in [1.807, 2.05) is 0 Å². The Balaban J connectivity index is 1.59. The van der Waals surface area contributed by atoms with Gasteiger partial charge in [0.2, 0.25) is 0 Å². The number of pyridine rings is 1. The highest BCUT2D eigenvalue weighted by molar-refractivity contribution is 5.42. The second-order valence-electron chi connectivity index (χ2n) is 6.70. The van der Waals surface area contributed by atoms with Crippen molar-refractivity contribution >= 4 is 5.82 Å². The van der Waals surface area contributed by atoms with Crippen molar-refractivity contribution in [2.75, 3.05) is 31.1 Å². The number of hydrogen-bond acceptors (Lipinski definition) is 4. The van der Waals surface area contributed by atoms with E-state index in [0.717, 1.165) is 37.2 Å². The predicted molar refractivity (Wildman–Crippen MR) is 87.8 cm³/mol. The molecule has 21 heavy (non-hydrogen) atoms. The molecule has 0 atom stereocenters. The molecule has 1 aliphatic heterocycles. The molecule has 0 aromatic carbocycles. The van der Waals surface area contributed by atoms with Crippen LogP contribution in [0.4, 0.5) is 5.82 Å². The first-order valence-electron chi connectivity index (χ1n) is 8.32. The van der Waals surface area contributed by atoms with E-state index in [2.05, 4.69) is 48.0 Å². The summed E-state index contributed by atoms with van der Waals surface area (Å²) in [5.74, 6) is 1.15. The smallest absolute Gasteiger partial charge is 0.128 e. The topological polar surface area (TPSA) is 31.4 Å². The Hall–Kier alpha value is -1.13. The van der Waals surface area contributed by atoms with Gasteiger partial charge < -0.3 is 10.2 Å². The molecular weight excluding hydrogens is 260 g/mol. The first-order chi connectivity index (χ1) is 10.1. The van der Waals surface area contributed by atoms with Crippen LogP contribution in [0.5, 0.6) is 0 Å². The second kappa shape index (κ2) is 6.32. The van der Waals surface area contributed by atoms with Gasteiger partial charge in [0.1, 0.15) is 5.82 Å². The Morgan fingerprint density at radius 2 is 1.90 bits per heavy atom. The minimum absolute atomic E-state index is 0.513. The van der Waals surface area contributed by atoms with Crippen molar-refractivity contribution < 1.29 is 0 Å². The van der Waals surface area contributed by atoms with Gasteiger partial charge in [0, 0.05) is 50.5 Å². The highest BCUT2D eigenvalue weighted by Crippen LogP contribution is 2.28. The van der Waals surface area contributed by atoms with Crippen molar-refractivity contribution in [1.82, 2.24) is 15.2 Å². The number of nitrogens with one attached hydrogen (secondary N) is 1. The monoisotopic (exact) mass is 288 g/mol. The minimum Gasteiger partial charge on any atom is -0.354 e. The van der Waals surface area contributed by atoms with Gasteiger partial charge in [-0.15, -0.1) is 0 Å². The first kappa shape index (κ1) is 14.8. The van der Waals surface area contributed by atoms with Crippen LogP contribution in [0.15, 0.2) is 12.1 Å². The third-order valence-electron chi connectivity index (χ3n) is 4.58. The third kappa shape index (κ3) is 3.74. The fourth-order valence-corrected chi connectivity index (χ4v) is 3.01. The van der Waals surface area contributed by atoms with E-state index in [1.54, 1.807) is 0 Å². The summed E-state index contributed by atoms with van der Waals surface area (Å²) >= 11 is 0. The van der Waals surface area contributed by atoms with Gasteiger partial charge in [0.15, 0.2) is 0 Å². The number of anilines is 1. The average Bonchev–Trinajstić information content (AvgIpc) is 3.30. The van der Waals surface area contributed by atoms with E-state index in [1.165, 1.54) is 31.5 Å². The Kier molecular flexibility index (Phi) is 4.45. The SMILES string of the molecule is Cc1nc(N2CCN(C3CC3)CC2)ccc1CNC(C)C. The van der Waals surface area contributed by atoms with Crippen LogP contribution in [0, 0.1) is 6.92 Å². The molecule has 3 rings (SSSR count). The summed E-state index contributed by atoms with van der Waals surface area (Å²) < 4.78 is 0. The van der Waals surface area contributed by atoms with Gasteiger partial charge in [0.05, 0.1) is 0 Å². The number of nitrogens with zero attached hydrogens (tertiary/aromatic N) is 3. The molecule has 1 aliphatic carbocycles. The second-order valence-corrected chi connectivity index (χ2v) is 6.70. The van der Waals surface area contributed by atoms with Crippen molar-refractivity contribution in [2.45, 2.75) is 52.2 Å². The normalized spacial score (nSPS) is 20.3. The van der Waals surface area contributed by atoms with E-state index >= 15 is 0 Å². The average molecular weight is 288 g/mol.